The number of carbonyl (C=O) groups is 1. The van der Waals surface area contributed by atoms with Crippen molar-refractivity contribution in [3.05, 3.63) is 68.6 Å². The van der Waals surface area contributed by atoms with Crippen molar-refractivity contribution in [2.75, 3.05) is 0 Å². The van der Waals surface area contributed by atoms with Gasteiger partial charge in [0.2, 0.25) is 11.8 Å². The summed E-state index contributed by atoms with van der Waals surface area (Å²) in [5.74, 6) is 0.406. The van der Waals surface area contributed by atoms with Crippen molar-refractivity contribution in [2.24, 2.45) is 0 Å². The molecular weight excluding hydrogens is 499 g/mol. The molecule has 1 aliphatic rings. The highest BCUT2D eigenvalue weighted by Gasteiger charge is 2.36. The summed E-state index contributed by atoms with van der Waals surface area (Å²) in [4.78, 5) is 16.8. The number of rotatable bonds is 3. The summed E-state index contributed by atoms with van der Waals surface area (Å²) in [6, 6.07) is 15.1. The van der Waals surface area contributed by atoms with E-state index < -0.39 is 5.60 Å². The monoisotopic (exact) mass is 518 g/mol. The second-order valence-electron chi connectivity index (χ2n) is 8.23. The molecule has 1 N–H and O–H groups in total. The lowest BCUT2D eigenvalue weighted by Gasteiger charge is -2.37. The Morgan fingerprint density at radius 1 is 1.13 bits per heavy atom. The first-order valence-electron chi connectivity index (χ1n) is 9.85. The number of aromatic nitrogens is 1. The van der Waals surface area contributed by atoms with Crippen LogP contribution in [-0.4, -0.2) is 16.5 Å². The second-order valence-corrected chi connectivity index (χ2v) is 9.99. The molecule has 4 rings (SSSR count). The average Bonchev–Trinajstić information content (AvgIpc) is 2.67. The quantitative estimate of drug-likeness (QED) is 0.397. The minimum atomic E-state index is -0.477. The molecule has 0 saturated heterocycles. The summed E-state index contributed by atoms with van der Waals surface area (Å²) in [6.07, 6.45) is 0.639. The Morgan fingerprint density at radius 3 is 2.48 bits per heavy atom. The van der Waals surface area contributed by atoms with Crippen LogP contribution in [0.25, 0.3) is 22.4 Å². The van der Waals surface area contributed by atoms with Crippen LogP contribution in [0.3, 0.4) is 0 Å². The van der Waals surface area contributed by atoms with Crippen molar-refractivity contribution in [1.82, 2.24) is 10.3 Å². The van der Waals surface area contributed by atoms with Gasteiger partial charge in [-0.25, -0.2) is 4.98 Å². The normalized spacial score (nSPS) is 16.9. The van der Waals surface area contributed by atoms with E-state index in [1.807, 2.05) is 62.4 Å². The number of hydrogen-bond acceptors (Lipinski definition) is 3. The maximum Gasteiger partial charge on any atom is 0.219 e. The molecule has 1 atom stereocenters. The molecule has 1 aromatic heterocycles. The number of hydrogen-bond donors (Lipinski definition) is 1. The zero-order valence-electron chi connectivity index (χ0n) is 17.3. The predicted octanol–water partition coefficient (Wildman–Crippen LogP) is 7.22. The maximum absolute atomic E-state index is 11.9. The molecule has 31 heavy (non-hydrogen) atoms. The fourth-order valence-electron chi connectivity index (χ4n) is 3.86. The minimum absolute atomic E-state index is 0.0956. The molecule has 0 radical (unpaired) electrons. The summed E-state index contributed by atoms with van der Waals surface area (Å²) in [5, 5.41) is 4.27. The van der Waals surface area contributed by atoms with Crippen LogP contribution < -0.4 is 10.1 Å². The van der Waals surface area contributed by atoms with Crippen LogP contribution in [0.1, 0.15) is 38.8 Å². The van der Waals surface area contributed by atoms with Gasteiger partial charge >= 0.3 is 0 Å². The highest BCUT2D eigenvalue weighted by Crippen LogP contribution is 2.44. The van der Waals surface area contributed by atoms with Gasteiger partial charge in [-0.1, -0.05) is 57.3 Å². The van der Waals surface area contributed by atoms with E-state index in [1.165, 1.54) is 6.92 Å². The summed E-state index contributed by atoms with van der Waals surface area (Å²) in [5.41, 5.74) is 3.70. The predicted molar refractivity (Wildman–Crippen MR) is 129 cm³/mol. The lowest BCUT2D eigenvalue weighted by atomic mass is 9.88. The van der Waals surface area contributed by atoms with Gasteiger partial charge in [0.05, 0.1) is 16.8 Å². The Kier molecular flexibility index (Phi) is 6.03. The van der Waals surface area contributed by atoms with Gasteiger partial charge in [-0.3, -0.25) is 4.79 Å². The number of halogens is 3. The van der Waals surface area contributed by atoms with Crippen LogP contribution in [0.4, 0.5) is 0 Å². The van der Waals surface area contributed by atoms with E-state index in [0.29, 0.717) is 28.0 Å². The average molecular weight is 520 g/mol. The van der Waals surface area contributed by atoms with E-state index >= 15 is 0 Å². The van der Waals surface area contributed by atoms with E-state index in [9.17, 15) is 4.79 Å². The van der Waals surface area contributed by atoms with E-state index in [2.05, 4.69) is 21.2 Å². The number of amides is 1. The highest BCUT2D eigenvalue weighted by molar-refractivity contribution is 9.10. The standard InChI is InChI=1S/C24H21BrCl2N2O2/c1-13(30)28-21-12-24(2,3)31-23-19(21)11-18(14-4-7-16(26)8-5-14)22(29-23)17-9-6-15(25)10-20(17)27/h4-11,21H,12H2,1-3H3,(H,28,30)/t21-/m1/s1. The SMILES string of the molecule is CC(=O)N[C@@H]1CC(C)(C)Oc2nc(-c3ccc(Br)cc3Cl)c(-c3ccc(Cl)cc3)cc21. The third-order valence-corrected chi connectivity index (χ3v) is 6.24. The summed E-state index contributed by atoms with van der Waals surface area (Å²) in [7, 11) is 0. The lowest BCUT2D eigenvalue weighted by molar-refractivity contribution is -0.120. The van der Waals surface area contributed by atoms with Crippen LogP contribution in [0, 0.1) is 0 Å². The number of nitrogens with one attached hydrogen (secondary N) is 1. The molecule has 0 fully saturated rings. The largest absolute Gasteiger partial charge is 0.471 e. The van der Waals surface area contributed by atoms with Crippen LogP contribution in [-0.2, 0) is 4.79 Å². The fourth-order valence-corrected chi connectivity index (χ4v) is 4.75. The molecule has 0 bridgehead atoms. The number of fused-ring (bicyclic) bond motifs is 1. The van der Waals surface area contributed by atoms with Crippen LogP contribution in [0.5, 0.6) is 5.88 Å². The number of carbonyl (C=O) groups excluding carboxylic acids is 1. The second kappa shape index (κ2) is 8.45. The summed E-state index contributed by atoms with van der Waals surface area (Å²) in [6.45, 7) is 5.50. The van der Waals surface area contributed by atoms with Gasteiger partial charge in [-0.2, -0.15) is 0 Å². The molecule has 4 nitrogen and oxygen atoms in total. The van der Waals surface area contributed by atoms with Gasteiger partial charge in [-0.15, -0.1) is 0 Å². The number of ether oxygens (including phenoxy) is 1. The Labute approximate surface area is 200 Å². The summed E-state index contributed by atoms with van der Waals surface area (Å²) >= 11 is 16.2. The molecule has 0 spiro atoms. The van der Waals surface area contributed by atoms with Crippen molar-refractivity contribution in [1.29, 1.82) is 0 Å². The zero-order chi connectivity index (χ0) is 22.3. The van der Waals surface area contributed by atoms with Crippen molar-refractivity contribution in [3.8, 4) is 28.3 Å². The van der Waals surface area contributed by atoms with Gasteiger partial charge < -0.3 is 10.1 Å². The van der Waals surface area contributed by atoms with Crippen molar-refractivity contribution in [3.63, 3.8) is 0 Å². The molecule has 3 aromatic rings. The molecule has 0 aliphatic carbocycles. The number of pyridine rings is 1. The van der Waals surface area contributed by atoms with Gasteiger partial charge in [-0.05, 0) is 49.7 Å². The van der Waals surface area contributed by atoms with Crippen molar-refractivity contribution >= 4 is 45.0 Å². The van der Waals surface area contributed by atoms with E-state index in [1.54, 1.807) is 0 Å². The first kappa shape index (κ1) is 22.1. The molecule has 2 heterocycles. The van der Waals surface area contributed by atoms with Gasteiger partial charge in [0.1, 0.15) is 5.60 Å². The summed E-state index contributed by atoms with van der Waals surface area (Å²) < 4.78 is 7.12. The Hall–Kier alpha value is -2.08. The van der Waals surface area contributed by atoms with Crippen molar-refractivity contribution < 1.29 is 9.53 Å². The molecule has 160 valence electrons. The van der Waals surface area contributed by atoms with Crippen LogP contribution in [0.2, 0.25) is 10.0 Å². The minimum Gasteiger partial charge on any atom is -0.471 e. The Morgan fingerprint density at radius 2 is 1.84 bits per heavy atom. The zero-order valence-corrected chi connectivity index (χ0v) is 20.4. The number of nitrogens with zero attached hydrogens (tertiary/aromatic N) is 1. The molecular formula is C24H21BrCl2N2O2. The smallest absolute Gasteiger partial charge is 0.219 e. The Balaban J connectivity index is 1.97. The van der Waals surface area contributed by atoms with Crippen LogP contribution in [0.15, 0.2) is 53.0 Å². The van der Waals surface area contributed by atoms with Crippen LogP contribution >= 0.6 is 39.1 Å². The molecule has 2 aromatic carbocycles. The molecule has 0 unspecified atom stereocenters. The number of benzene rings is 2. The molecule has 0 saturated carbocycles. The van der Waals surface area contributed by atoms with Gasteiger partial charge in [0.15, 0.2) is 0 Å². The first-order chi connectivity index (χ1) is 14.6. The Bertz CT molecular complexity index is 1160. The first-order valence-corrected chi connectivity index (χ1v) is 11.4. The maximum atomic E-state index is 11.9. The van der Waals surface area contributed by atoms with Crippen molar-refractivity contribution in [2.45, 2.75) is 38.8 Å². The lowest BCUT2D eigenvalue weighted by Crippen LogP contribution is -2.41. The molecule has 7 heteroatoms. The third-order valence-electron chi connectivity index (χ3n) is 5.18. The van der Waals surface area contributed by atoms with Gasteiger partial charge in [0, 0.05) is 39.5 Å². The fraction of sp³-hybridized carbons (Fsp3) is 0.250. The van der Waals surface area contributed by atoms with E-state index in [0.717, 1.165) is 26.7 Å². The topological polar surface area (TPSA) is 51.2 Å². The van der Waals surface area contributed by atoms with Gasteiger partial charge in [0.25, 0.3) is 0 Å². The highest BCUT2D eigenvalue weighted by atomic mass is 79.9. The molecule has 1 amide bonds. The van der Waals surface area contributed by atoms with E-state index in [-0.39, 0.29) is 11.9 Å². The van der Waals surface area contributed by atoms with E-state index in [4.69, 9.17) is 32.9 Å². The third kappa shape index (κ3) is 4.74. The molecule has 1 aliphatic heterocycles.